The van der Waals surface area contributed by atoms with E-state index in [1.165, 1.54) is 17.7 Å². The van der Waals surface area contributed by atoms with Gasteiger partial charge in [0.1, 0.15) is 5.82 Å². The maximum Gasteiger partial charge on any atom is 0.123 e. The second kappa shape index (κ2) is 3.33. The van der Waals surface area contributed by atoms with Crippen molar-refractivity contribution in [3.05, 3.63) is 41.7 Å². The third-order valence-corrected chi connectivity index (χ3v) is 1.73. The summed E-state index contributed by atoms with van der Waals surface area (Å²) in [6, 6.07) is 6.51. The van der Waals surface area contributed by atoms with Crippen molar-refractivity contribution in [2.24, 2.45) is 0 Å². The zero-order valence-corrected chi connectivity index (χ0v) is 6.76. The van der Waals surface area contributed by atoms with E-state index < -0.39 is 0 Å². The van der Waals surface area contributed by atoms with Crippen molar-refractivity contribution in [1.82, 2.24) is 0 Å². The van der Waals surface area contributed by atoms with E-state index in [9.17, 15) is 4.39 Å². The molecule has 0 radical (unpaired) electrons. The lowest BCUT2D eigenvalue weighted by Crippen LogP contribution is -1.79. The number of hydrogen-bond acceptors (Lipinski definition) is 0. The second-order valence-electron chi connectivity index (χ2n) is 2.48. The summed E-state index contributed by atoms with van der Waals surface area (Å²) in [5.41, 5.74) is 2.25. The van der Waals surface area contributed by atoms with Crippen LogP contribution in [0.4, 0.5) is 4.39 Å². The average Bonchev–Trinajstić information content (AvgIpc) is 2.05. The lowest BCUT2D eigenvalue weighted by Gasteiger charge is -1.98. The molecule has 0 aliphatic heterocycles. The van der Waals surface area contributed by atoms with Gasteiger partial charge in [0.25, 0.3) is 0 Å². The Morgan fingerprint density at radius 2 is 1.82 bits per heavy atom. The van der Waals surface area contributed by atoms with Gasteiger partial charge in [-0.2, -0.15) is 0 Å². The summed E-state index contributed by atoms with van der Waals surface area (Å²) in [4.78, 5) is 0. The lowest BCUT2D eigenvalue weighted by molar-refractivity contribution is 0.627. The minimum atomic E-state index is -0.183. The van der Waals surface area contributed by atoms with Gasteiger partial charge in [-0.25, -0.2) is 4.39 Å². The van der Waals surface area contributed by atoms with Crippen molar-refractivity contribution < 1.29 is 4.39 Å². The molecule has 0 aliphatic rings. The summed E-state index contributed by atoms with van der Waals surface area (Å²) in [5.74, 6) is -0.183. The first-order chi connectivity index (χ1) is 5.24. The van der Waals surface area contributed by atoms with Gasteiger partial charge in [-0.05, 0) is 37.1 Å². The fourth-order valence-corrected chi connectivity index (χ4v) is 0.879. The van der Waals surface area contributed by atoms with Crippen LogP contribution < -0.4 is 0 Å². The van der Waals surface area contributed by atoms with E-state index in [0.29, 0.717) is 0 Å². The van der Waals surface area contributed by atoms with Crippen molar-refractivity contribution in [3.8, 4) is 0 Å². The van der Waals surface area contributed by atoms with Gasteiger partial charge < -0.3 is 0 Å². The molecule has 0 fully saturated rings. The number of rotatable bonds is 1. The summed E-state index contributed by atoms with van der Waals surface area (Å²) in [6.07, 6.45) is 2.01. The molecule has 0 unspecified atom stereocenters. The number of benzene rings is 1. The van der Waals surface area contributed by atoms with E-state index in [2.05, 4.69) is 0 Å². The molecular formula is C10H11F. The Labute approximate surface area is 66.4 Å². The van der Waals surface area contributed by atoms with Crippen LogP contribution in [0.25, 0.3) is 5.57 Å². The molecule has 0 bridgehead atoms. The molecule has 1 heteroatoms. The van der Waals surface area contributed by atoms with E-state index in [1.807, 2.05) is 19.9 Å². The molecule has 0 atom stereocenters. The first kappa shape index (κ1) is 7.99. The standard InChI is InChI=1S/C10H11F/c1-3-8(2)9-4-6-10(11)7-5-9/h3-7H,1-2H3/b8-3+. The van der Waals surface area contributed by atoms with Gasteiger partial charge in [0.2, 0.25) is 0 Å². The predicted molar refractivity (Wildman–Crippen MR) is 45.7 cm³/mol. The largest absolute Gasteiger partial charge is 0.207 e. The number of allylic oxidation sites excluding steroid dienone is 2. The van der Waals surface area contributed by atoms with E-state index in [4.69, 9.17) is 0 Å². The lowest BCUT2D eigenvalue weighted by atomic mass is 10.1. The van der Waals surface area contributed by atoms with Crippen LogP contribution in [0.5, 0.6) is 0 Å². The summed E-state index contributed by atoms with van der Waals surface area (Å²) < 4.78 is 12.4. The molecule has 1 rings (SSSR count). The zero-order chi connectivity index (χ0) is 8.27. The number of halogens is 1. The Kier molecular flexibility index (Phi) is 2.42. The summed E-state index contributed by atoms with van der Waals surface area (Å²) >= 11 is 0. The quantitative estimate of drug-likeness (QED) is 0.576. The van der Waals surface area contributed by atoms with Gasteiger partial charge in [0, 0.05) is 0 Å². The molecule has 0 aliphatic carbocycles. The molecule has 1 aromatic carbocycles. The van der Waals surface area contributed by atoms with Gasteiger partial charge in [-0.15, -0.1) is 0 Å². The van der Waals surface area contributed by atoms with Crippen molar-refractivity contribution in [1.29, 1.82) is 0 Å². The molecule has 0 heterocycles. The highest BCUT2D eigenvalue weighted by Crippen LogP contribution is 2.13. The average molecular weight is 150 g/mol. The minimum absolute atomic E-state index is 0.183. The Bertz CT molecular complexity index is 257. The normalized spacial score (nSPS) is 11.7. The molecule has 0 aromatic heterocycles. The second-order valence-corrected chi connectivity index (χ2v) is 2.48. The summed E-state index contributed by atoms with van der Waals surface area (Å²) in [7, 11) is 0. The maximum atomic E-state index is 12.4. The van der Waals surface area contributed by atoms with Crippen LogP contribution in [0.15, 0.2) is 30.3 Å². The van der Waals surface area contributed by atoms with Gasteiger partial charge in [0.05, 0.1) is 0 Å². The van der Waals surface area contributed by atoms with Gasteiger partial charge in [-0.1, -0.05) is 18.2 Å². The fourth-order valence-electron chi connectivity index (χ4n) is 0.879. The van der Waals surface area contributed by atoms with Crippen molar-refractivity contribution in [2.45, 2.75) is 13.8 Å². The molecule has 0 saturated heterocycles. The van der Waals surface area contributed by atoms with E-state index in [1.54, 1.807) is 12.1 Å². The third-order valence-electron chi connectivity index (χ3n) is 1.73. The third kappa shape index (κ3) is 1.90. The van der Waals surface area contributed by atoms with Crippen molar-refractivity contribution in [2.75, 3.05) is 0 Å². The van der Waals surface area contributed by atoms with E-state index in [-0.39, 0.29) is 5.82 Å². The molecule has 0 spiro atoms. The zero-order valence-electron chi connectivity index (χ0n) is 6.76. The molecule has 1 aromatic rings. The summed E-state index contributed by atoms with van der Waals surface area (Å²) in [6.45, 7) is 3.98. The highest BCUT2D eigenvalue weighted by molar-refractivity contribution is 5.62. The van der Waals surface area contributed by atoms with Crippen LogP contribution in [0.2, 0.25) is 0 Å². The molecule has 0 amide bonds. The van der Waals surface area contributed by atoms with Crippen LogP contribution in [-0.4, -0.2) is 0 Å². The van der Waals surface area contributed by atoms with Gasteiger partial charge in [0.15, 0.2) is 0 Å². The fraction of sp³-hybridized carbons (Fsp3) is 0.200. The molecule has 0 saturated carbocycles. The van der Waals surface area contributed by atoms with Crippen molar-refractivity contribution in [3.63, 3.8) is 0 Å². The van der Waals surface area contributed by atoms with Crippen LogP contribution in [0.1, 0.15) is 19.4 Å². The maximum absolute atomic E-state index is 12.4. The highest BCUT2D eigenvalue weighted by Gasteiger charge is 1.93. The van der Waals surface area contributed by atoms with Gasteiger partial charge >= 0.3 is 0 Å². The van der Waals surface area contributed by atoms with Crippen LogP contribution in [-0.2, 0) is 0 Å². The van der Waals surface area contributed by atoms with Crippen LogP contribution in [0.3, 0.4) is 0 Å². The van der Waals surface area contributed by atoms with Crippen molar-refractivity contribution >= 4 is 5.57 Å². The molecule has 11 heavy (non-hydrogen) atoms. The SMILES string of the molecule is C/C=C(\C)c1ccc(F)cc1. The molecule has 58 valence electrons. The Morgan fingerprint density at radius 3 is 2.27 bits per heavy atom. The van der Waals surface area contributed by atoms with Crippen LogP contribution in [0, 0.1) is 5.82 Å². The first-order valence-corrected chi connectivity index (χ1v) is 3.63. The first-order valence-electron chi connectivity index (χ1n) is 3.63. The smallest absolute Gasteiger partial charge is 0.123 e. The summed E-state index contributed by atoms with van der Waals surface area (Å²) in [5, 5.41) is 0. The molecular weight excluding hydrogens is 139 g/mol. The van der Waals surface area contributed by atoms with E-state index >= 15 is 0 Å². The topological polar surface area (TPSA) is 0 Å². The monoisotopic (exact) mass is 150 g/mol. The Balaban J connectivity index is 2.99. The highest BCUT2D eigenvalue weighted by atomic mass is 19.1. The van der Waals surface area contributed by atoms with Gasteiger partial charge in [-0.3, -0.25) is 0 Å². The van der Waals surface area contributed by atoms with Crippen LogP contribution >= 0.6 is 0 Å². The molecule has 0 N–H and O–H groups in total. The predicted octanol–water partition coefficient (Wildman–Crippen LogP) is 3.25. The Hall–Kier alpha value is -1.11. The Morgan fingerprint density at radius 1 is 1.27 bits per heavy atom. The van der Waals surface area contributed by atoms with E-state index in [0.717, 1.165) is 5.56 Å². The molecule has 0 nitrogen and oxygen atoms in total. The minimum Gasteiger partial charge on any atom is -0.207 e. The number of hydrogen-bond donors (Lipinski definition) is 0.